The maximum Gasteiger partial charge on any atom is 0.243 e. The number of fused-ring (bicyclic) bond motifs is 1. The van der Waals surface area contributed by atoms with Crippen LogP contribution in [0.3, 0.4) is 0 Å². The molecule has 1 saturated heterocycles. The Labute approximate surface area is 191 Å². The number of hydrogen-bond donors (Lipinski definition) is 2. The molecule has 2 heterocycles. The minimum absolute atomic E-state index is 0.116. The van der Waals surface area contributed by atoms with Crippen LogP contribution in [0, 0.1) is 6.92 Å². The van der Waals surface area contributed by atoms with Gasteiger partial charge in [-0.05, 0) is 55.7 Å². The minimum atomic E-state index is -3.61. The molecule has 0 spiro atoms. The van der Waals surface area contributed by atoms with E-state index in [1.807, 2.05) is 25.1 Å². The number of benzene rings is 2. The molecule has 2 N–H and O–H groups in total. The normalized spacial score (nSPS) is 15.1. The molecule has 1 fully saturated rings. The van der Waals surface area contributed by atoms with Crippen LogP contribution in [0.1, 0.15) is 24.8 Å². The van der Waals surface area contributed by atoms with Crippen LogP contribution in [0.15, 0.2) is 46.5 Å². The van der Waals surface area contributed by atoms with E-state index in [1.165, 1.54) is 35.3 Å². The SMILES string of the molecule is COc1ccc(S(=O)(=O)N2CCCCC2)cc1NC(=O)CSc1nc2ccc(C)cc2[nH]1. The monoisotopic (exact) mass is 474 g/mol. The molecule has 3 aromatic rings. The molecule has 0 unspecified atom stereocenters. The van der Waals surface area contributed by atoms with Crippen molar-refractivity contribution < 1.29 is 17.9 Å². The van der Waals surface area contributed by atoms with Crippen LogP contribution in [0.4, 0.5) is 5.69 Å². The number of hydrogen-bond acceptors (Lipinski definition) is 6. The molecule has 1 aromatic heterocycles. The summed E-state index contributed by atoms with van der Waals surface area (Å²) in [5.74, 6) is 0.239. The predicted octanol–water partition coefficient (Wildman–Crippen LogP) is 3.79. The molecule has 0 aliphatic carbocycles. The number of aromatic amines is 1. The first-order valence-electron chi connectivity index (χ1n) is 10.4. The molecule has 1 aliphatic heterocycles. The Bertz CT molecular complexity index is 1230. The maximum absolute atomic E-state index is 13.0. The molecule has 0 saturated carbocycles. The highest BCUT2D eigenvalue weighted by Crippen LogP contribution is 2.30. The van der Waals surface area contributed by atoms with Gasteiger partial charge in [0.1, 0.15) is 5.75 Å². The van der Waals surface area contributed by atoms with Gasteiger partial charge in [-0.25, -0.2) is 13.4 Å². The largest absolute Gasteiger partial charge is 0.495 e. The van der Waals surface area contributed by atoms with Crippen LogP contribution >= 0.6 is 11.8 Å². The highest BCUT2D eigenvalue weighted by Gasteiger charge is 2.27. The van der Waals surface area contributed by atoms with E-state index in [1.54, 1.807) is 6.07 Å². The lowest BCUT2D eigenvalue weighted by Gasteiger charge is -2.26. The van der Waals surface area contributed by atoms with Crippen LogP contribution in [-0.2, 0) is 14.8 Å². The van der Waals surface area contributed by atoms with Gasteiger partial charge in [-0.3, -0.25) is 4.79 Å². The van der Waals surface area contributed by atoms with Crippen molar-refractivity contribution in [1.82, 2.24) is 14.3 Å². The second kappa shape index (κ2) is 9.51. The molecular weight excluding hydrogens is 448 g/mol. The molecule has 1 amide bonds. The summed E-state index contributed by atoms with van der Waals surface area (Å²) in [6, 6.07) is 10.5. The zero-order valence-electron chi connectivity index (χ0n) is 18.1. The van der Waals surface area contributed by atoms with E-state index >= 15 is 0 Å². The van der Waals surface area contributed by atoms with Gasteiger partial charge < -0.3 is 15.0 Å². The molecule has 0 atom stereocenters. The zero-order valence-corrected chi connectivity index (χ0v) is 19.7. The fourth-order valence-corrected chi connectivity index (χ4v) is 5.92. The summed E-state index contributed by atoms with van der Waals surface area (Å²) in [6.45, 7) is 3.04. The zero-order chi connectivity index (χ0) is 22.7. The second-order valence-corrected chi connectivity index (χ2v) is 10.6. The number of carbonyl (C=O) groups is 1. The first-order valence-corrected chi connectivity index (χ1v) is 12.9. The fraction of sp³-hybridized carbons (Fsp3) is 0.364. The van der Waals surface area contributed by atoms with Gasteiger partial charge in [0.2, 0.25) is 15.9 Å². The molecule has 2 aromatic carbocycles. The lowest BCUT2D eigenvalue weighted by molar-refractivity contribution is -0.113. The molecule has 1 aliphatic rings. The van der Waals surface area contributed by atoms with Crippen molar-refractivity contribution in [2.45, 2.75) is 36.2 Å². The maximum atomic E-state index is 13.0. The van der Waals surface area contributed by atoms with Gasteiger partial charge in [0.15, 0.2) is 5.16 Å². The Kier molecular flexibility index (Phi) is 6.73. The molecule has 4 rings (SSSR count). The number of aromatic nitrogens is 2. The predicted molar refractivity (Wildman–Crippen MR) is 126 cm³/mol. The van der Waals surface area contributed by atoms with Gasteiger partial charge in [0.25, 0.3) is 0 Å². The van der Waals surface area contributed by atoms with Crippen LogP contribution in [-0.4, -0.2) is 54.6 Å². The summed E-state index contributed by atoms with van der Waals surface area (Å²) in [5, 5.41) is 3.43. The highest BCUT2D eigenvalue weighted by atomic mass is 32.2. The Morgan fingerprint density at radius 3 is 2.72 bits per heavy atom. The first-order chi connectivity index (χ1) is 15.4. The summed E-state index contributed by atoms with van der Waals surface area (Å²) in [7, 11) is -2.13. The number of rotatable bonds is 7. The number of nitrogens with one attached hydrogen (secondary N) is 2. The molecule has 170 valence electrons. The van der Waals surface area contributed by atoms with Gasteiger partial charge in [0.05, 0.1) is 34.5 Å². The van der Waals surface area contributed by atoms with Crippen molar-refractivity contribution in [2.24, 2.45) is 0 Å². The Balaban J connectivity index is 1.47. The second-order valence-electron chi connectivity index (χ2n) is 7.73. The summed E-state index contributed by atoms with van der Waals surface area (Å²) >= 11 is 1.28. The van der Waals surface area contributed by atoms with E-state index in [4.69, 9.17) is 4.74 Å². The van der Waals surface area contributed by atoms with Crippen molar-refractivity contribution in [3.05, 3.63) is 42.0 Å². The molecule has 32 heavy (non-hydrogen) atoms. The number of carbonyl (C=O) groups excluding carboxylic acids is 1. The van der Waals surface area contributed by atoms with E-state index in [2.05, 4.69) is 15.3 Å². The van der Waals surface area contributed by atoms with Gasteiger partial charge >= 0.3 is 0 Å². The number of anilines is 1. The van der Waals surface area contributed by atoms with Crippen molar-refractivity contribution in [3.63, 3.8) is 0 Å². The number of sulfonamides is 1. The summed E-state index contributed by atoms with van der Waals surface area (Å²) in [4.78, 5) is 20.4. The number of ether oxygens (including phenoxy) is 1. The van der Waals surface area contributed by atoms with E-state index in [0.29, 0.717) is 29.7 Å². The fourth-order valence-electron chi connectivity index (χ4n) is 3.69. The number of imidazole rings is 1. The molecule has 0 radical (unpaired) electrons. The van der Waals surface area contributed by atoms with E-state index in [0.717, 1.165) is 35.9 Å². The highest BCUT2D eigenvalue weighted by molar-refractivity contribution is 7.99. The molecular formula is C22H26N4O4S2. The number of piperidine rings is 1. The van der Waals surface area contributed by atoms with Gasteiger partial charge in [-0.2, -0.15) is 4.31 Å². The lowest BCUT2D eigenvalue weighted by atomic mass is 10.2. The number of aryl methyl sites for hydroxylation is 1. The summed E-state index contributed by atoms with van der Waals surface area (Å²) in [5.41, 5.74) is 3.22. The van der Waals surface area contributed by atoms with Crippen LogP contribution in [0.5, 0.6) is 5.75 Å². The minimum Gasteiger partial charge on any atom is -0.495 e. The summed E-state index contributed by atoms with van der Waals surface area (Å²) < 4.78 is 32.8. The average molecular weight is 475 g/mol. The van der Waals surface area contributed by atoms with E-state index in [-0.39, 0.29) is 16.6 Å². The Hall–Kier alpha value is -2.56. The summed E-state index contributed by atoms with van der Waals surface area (Å²) in [6.07, 6.45) is 2.76. The molecule has 8 nitrogen and oxygen atoms in total. The average Bonchev–Trinajstić information content (AvgIpc) is 3.20. The van der Waals surface area contributed by atoms with Crippen LogP contribution in [0.2, 0.25) is 0 Å². The number of methoxy groups -OCH3 is 1. The van der Waals surface area contributed by atoms with Crippen molar-refractivity contribution in [1.29, 1.82) is 0 Å². The standard InChI is InChI=1S/C22H26N4O4S2/c1-15-6-8-17-18(12-15)25-22(24-17)31-14-21(27)23-19-13-16(7-9-20(19)30-2)32(28,29)26-10-4-3-5-11-26/h6-9,12-13H,3-5,10-11,14H2,1-2H3,(H,23,27)(H,24,25). The number of nitrogens with zero attached hydrogens (tertiary/aromatic N) is 2. The number of H-pyrrole nitrogens is 1. The quantitative estimate of drug-likeness (QED) is 0.505. The van der Waals surface area contributed by atoms with Crippen LogP contribution in [0.25, 0.3) is 11.0 Å². The number of amides is 1. The smallest absolute Gasteiger partial charge is 0.243 e. The van der Waals surface area contributed by atoms with Crippen molar-refractivity contribution in [3.8, 4) is 5.75 Å². The lowest BCUT2D eigenvalue weighted by Crippen LogP contribution is -2.35. The number of thioether (sulfide) groups is 1. The molecule has 10 heteroatoms. The third-order valence-electron chi connectivity index (χ3n) is 5.35. The topological polar surface area (TPSA) is 104 Å². The Morgan fingerprint density at radius 2 is 1.97 bits per heavy atom. The van der Waals surface area contributed by atoms with Crippen molar-refractivity contribution >= 4 is 44.4 Å². The van der Waals surface area contributed by atoms with Crippen molar-refractivity contribution in [2.75, 3.05) is 31.3 Å². The third kappa shape index (κ3) is 4.92. The molecule has 0 bridgehead atoms. The van der Waals surface area contributed by atoms with Gasteiger partial charge in [-0.15, -0.1) is 0 Å². The van der Waals surface area contributed by atoms with E-state index < -0.39 is 10.0 Å². The van der Waals surface area contributed by atoms with E-state index in [9.17, 15) is 13.2 Å². The first kappa shape index (κ1) is 22.6. The van der Waals surface area contributed by atoms with Crippen LogP contribution < -0.4 is 10.1 Å². The van der Waals surface area contributed by atoms with Gasteiger partial charge in [-0.1, -0.05) is 24.2 Å². The third-order valence-corrected chi connectivity index (χ3v) is 8.12. The van der Waals surface area contributed by atoms with Gasteiger partial charge in [0, 0.05) is 13.1 Å². The Morgan fingerprint density at radius 1 is 1.19 bits per heavy atom.